The van der Waals surface area contributed by atoms with Crippen molar-refractivity contribution >= 4 is 44.6 Å². The first-order valence-corrected chi connectivity index (χ1v) is 12.3. The van der Waals surface area contributed by atoms with Crippen LogP contribution in [0.2, 0.25) is 0 Å². The number of thiocarbonyl (C=S) groups is 1. The van der Waals surface area contributed by atoms with Crippen molar-refractivity contribution in [2.45, 2.75) is 4.90 Å². The van der Waals surface area contributed by atoms with Gasteiger partial charge in [-0.05, 0) is 54.7 Å². The van der Waals surface area contributed by atoms with E-state index >= 15 is 0 Å². The largest absolute Gasteiger partial charge is 0.495 e. The van der Waals surface area contributed by atoms with Crippen LogP contribution in [0.15, 0.2) is 65.6 Å². The van der Waals surface area contributed by atoms with Gasteiger partial charge >= 0.3 is 0 Å². The van der Waals surface area contributed by atoms with Crippen molar-refractivity contribution in [1.82, 2.24) is 5.32 Å². The average Bonchev–Trinajstić information content (AvgIpc) is 2.87. The monoisotopic (exact) mass is 531 g/mol. The van der Waals surface area contributed by atoms with Crippen LogP contribution < -0.4 is 34.3 Å². The Morgan fingerprint density at radius 2 is 1.42 bits per heavy atom. The van der Waals surface area contributed by atoms with Crippen molar-refractivity contribution in [3.05, 3.63) is 66.2 Å². The lowest BCUT2D eigenvalue weighted by Crippen LogP contribution is -2.34. The molecule has 0 aliphatic heterocycles. The minimum Gasteiger partial charge on any atom is -0.495 e. The van der Waals surface area contributed by atoms with Gasteiger partial charge in [-0.3, -0.25) is 14.8 Å². The first-order chi connectivity index (χ1) is 17.2. The third-order valence-corrected chi connectivity index (χ3v) is 6.52. The van der Waals surface area contributed by atoms with Crippen molar-refractivity contribution in [2.75, 3.05) is 38.5 Å². The summed E-state index contributed by atoms with van der Waals surface area (Å²) in [6.07, 6.45) is 0. The minimum absolute atomic E-state index is 0.0692. The van der Waals surface area contributed by atoms with Gasteiger partial charge in [-0.15, -0.1) is 0 Å². The van der Waals surface area contributed by atoms with Crippen LogP contribution in [0.25, 0.3) is 0 Å². The standard InChI is InChI=1S/C24H25N3O7S2/c1-31-19-10-6-5-9-17(19)27-36(29,30)15-12-13-20(32-2)18(14-15)25-24(35)26-23(28)16-8-7-11-21(33-3)22(16)34-4/h5-14,27H,1-4H3,(H2,25,26,28,35). The average molecular weight is 532 g/mol. The number of carbonyl (C=O) groups is 1. The Morgan fingerprint density at radius 3 is 2.08 bits per heavy atom. The first-order valence-electron chi connectivity index (χ1n) is 10.4. The summed E-state index contributed by atoms with van der Waals surface area (Å²) in [5.74, 6) is 0.745. The van der Waals surface area contributed by atoms with E-state index < -0.39 is 15.9 Å². The molecule has 3 aromatic carbocycles. The van der Waals surface area contributed by atoms with E-state index in [1.54, 1.807) is 42.5 Å². The molecule has 0 saturated carbocycles. The number of sulfonamides is 1. The molecule has 3 rings (SSSR count). The molecule has 12 heteroatoms. The molecular formula is C24H25N3O7S2. The SMILES string of the molecule is COc1ccc(S(=O)(=O)Nc2ccccc2OC)cc1NC(=S)NC(=O)c1cccc(OC)c1OC. The van der Waals surface area contributed by atoms with Gasteiger partial charge in [0.25, 0.3) is 15.9 Å². The van der Waals surface area contributed by atoms with Gasteiger partial charge in [0.15, 0.2) is 16.6 Å². The van der Waals surface area contributed by atoms with Crippen molar-refractivity contribution in [2.24, 2.45) is 0 Å². The van der Waals surface area contributed by atoms with Gasteiger partial charge in [0, 0.05) is 0 Å². The Kier molecular flexibility index (Phi) is 8.56. The zero-order chi connectivity index (χ0) is 26.3. The summed E-state index contributed by atoms with van der Waals surface area (Å²) in [6, 6.07) is 15.6. The van der Waals surface area contributed by atoms with E-state index in [1.165, 1.54) is 46.6 Å². The van der Waals surface area contributed by atoms with Crippen molar-refractivity contribution in [1.29, 1.82) is 0 Å². The summed E-state index contributed by atoms with van der Waals surface area (Å²) in [4.78, 5) is 12.7. The number of rotatable bonds is 9. The molecule has 0 saturated heterocycles. The Bertz CT molecular complexity index is 1380. The molecule has 0 atom stereocenters. The number of amides is 1. The van der Waals surface area contributed by atoms with Gasteiger partial charge in [0.2, 0.25) is 0 Å². The predicted molar refractivity (Wildman–Crippen MR) is 140 cm³/mol. The van der Waals surface area contributed by atoms with Gasteiger partial charge in [-0.25, -0.2) is 8.42 Å². The molecule has 0 aliphatic rings. The minimum atomic E-state index is -4.00. The van der Waals surface area contributed by atoms with Crippen LogP contribution in [-0.2, 0) is 10.0 Å². The summed E-state index contributed by atoms with van der Waals surface area (Å²) in [5.41, 5.74) is 0.703. The van der Waals surface area contributed by atoms with E-state index in [-0.39, 0.29) is 32.7 Å². The lowest BCUT2D eigenvalue weighted by Gasteiger charge is -2.16. The van der Waals surface area contributed by atoms with Crippen LogP contribution in [0.1, 0.15) is 10.4 Å². The molecule has 0 aliphatic carbocycles. The topological polar surface area (TPSA) is 124 Å². The molecule has 1 amide bonds. The van der Waals surface area contributed by atoms with Gasteiger partial charge < -0.3 is 24.3 Å². The van der Waals surface area contributed by atoms with Crippen LogP contribution in [0.5, 0.6) is 23.0 Å². The van der Waals surface area contributed by atoms with E-state index in [9.17, 15) is 13.2 Å². The fourth-order valence-electron chi connectivity index (χ4n) is 3.27. The van der Waals surface area contributed by atoms with Crippen LogP contribution in [0.4, 0.5) is 11.4 Å². The van der Waals surface area contributed by atoms with Gasteiger partial charge in [0.05, 0.1) is 50.3 Å². The summed E-state index contributed by atoms with van der Waals surface area (Å²) in [6.45, 7) is 0. The lowest BCUT2D eigenvalue weighted by molar-refractivity contribution is 0.0974. The molecule has 0 heterocycles. The Hall–Kier alpha value is -4.03. The zero-order valence-corrected chi connectivity index (χ0v) is 21.6. The highest BCUT2D eigenvalue weighted by Crippen LogP contribution is 2.32. The molecular weight excluding hydrogens is 506 g/mol. The number of nitrogens with one attached hydrogen (secondary N) is 3. The van der Waals surface area contributed by atoms with E-state index in [1.807, 2.05) is 0 Å². The van der Waals surface area contributed by atoms with E-state index in [2.05, 4.69) is 15.4 Å². The smallest absolute Gasteiger partial charge is 0.262 e. The van der Waals surface area contributed by atoms with Crippen molar-refractivity contribution < 1.29 is 32.2 Å². The number of hydrogen-bond donors (Lipinski definition) is 3. The van der Waals surface area contributed by atoms with E-state index in [4.69, 9.17) is 31.2 Å². The number of para-hydroxylation sites is 3. The normalized spacial score (nSPS) is 10.7. The maximum atomic E-state index is 13.0. The number of carbonyl (C=O) groups excluding carboxylic acids is 1. The highest BCUT2D eigenvalue weighted by Gasteiger charge is 2.21. The van der Waals surface area contributed by atoms with Crippen molar-refractivity contribution in [3.63, 3.8) is 0 Å². The second-order valence-electron chi connectivity index (χ2n) is 7.12. The summed E-state index contributed by atoms with van der Waals surface area (Å²) < 4.78 is 49.6. The molecule has 0 aromatic heterocycles. The summed E-state index contributed by atoms with van der Waals surface area (Å²) >= 11 is 5.28. The lowest BCUT2D eigenvalue weighted by atomic mass is 10.1. The summed E-state index contributed by atoms with van der Waals surface area (Å²) in [5, 5.41) is 5.27. The Labute approximate surface area is 214 Å². The number of benzene rings is 3. The predicted octanol–water partition coefficient (Wildman–Crippen LogP) is 3.65. The maximum Gasteiger partial charge on any atom is 0.262 e. The molecule has 0 spiro atoms. The molecule has 0 unspecified atom stereocenters. The highest BCUT2D eigenvalue weighted by molar-refractivity contribution is 7.92. The third-order valence-electron chi connectivity index (χ3n) is 4.96. The highest BCUT2D eigenvalue weighted by atomic mass is 32.2. The number of ether oxygens (including phenoxy) is 4. The van der Waals surface area contributed by atoms with E-state index in [0.29, 0.717) is 17.2 Å². The number of hydrogen-bond acceptors (Lipinski definition) is 8. The van der Waals surface area contributed by atoms with Crippen LogP contribution in [0.3, 0.4) is 0 Å². The molecule has 36 heavy (non-hydrogen) atoms. The van der Waals surface area contributed by atoms with Gasteiger partial charge in [-0.2, -0.15) is 0 Å². The fraction of sp³-hybridized carbons (Fsp3) is 0.167. The number of anilines is 2. The second kappa shape index (κ2) is 11.6. The molecule has 0 bridgehead atoms. The molecule has 0 radical (unpaired) electrons. The van der Waals surface area contributed by atoms with Crippen LogP contribution in [-0.4, -0.2) is 47.9 Å². The second-order valence-corrected chi connectivity index (χ2v) is 9.21. The van der Waals surface area contributed by atoms with Gasteiger partial charge in [0.1, 0.15) is 11.5 Å². The van der Waals surface area contributed by atoms with Crippen molar-refractivity contribution in [3.8, 4) is 23.0 Å². The summed E-state index contributed by atoms with van der Waals surface area (Å²) in [7, 11) is 1.74. The van der Waals surface area contributed by atoms with Gasteiger partial charge in [-0.1, -0.05) is 18.2 Å². The molecule has 3 N–H and O–H groups in total. The fourth-order valence-corrected chi connectivity index (χ4v) is 4.57. The Balaban J connectivity index is 1.83. The number of methoxy groups -OCH3 is 4. The molecule has 0 fully saturated rings. The first kappa shape index (κ1) is 26.6. The molecule has 10 nitrogen and oxygen atoms in total. The molecule has 3 aromatic rings. The third kappa shape index (κ3) is 5.96. The molecule has 190 valence electrons. The zero-order valence-electron chi connectivity index (χ0n) is 19.9. The maximum absolute atomic E-state index is 13.0. The van der Waals surface area contributed by atoms with E-state index in [0.717, 1.165) is 0 Å². The quantitative estimate of drug-likeness (QED) is 0.355. The van der Waals surface area contributed by atoms with Crippen LogP contribution in [0, 0.1) is 0 Å². The Morgan fingerprint density at radius 1 is 0.778 bits per heavy atom. The van der Waals surface area contributed by atoms with Crippen LogP contribution >= 0.6 is 12.2 Å².